The number of carbonyl (C=O) groups is 2. The molecule has 0 aliphatic heterocycles. The number of methoxy groups -OCH3 is 2. The Labute approximate surface area is 182 Å². The lowest BCUT2D eigenvalue weighted by Crippen LogP contribution is -2.28. The molecule has 9 nitrogen and oxygen atoms in total. The van der Waals surface area contributed by atoms with Crippen molar-refractivity contribution in [2.45, 2.75) is 33.4 Å². The maximum atomic E-state index is 13.0. The highest BCUT2D eigenvalue weighted by Gasteiger charge is 2.22. The van der Waals surface area contributed by atoms with Gasteiger partial charge in [0.1, 0.15) is 27.8 Å². The summed E-state index contributed by atoms with van der Waals surface area (Å²) in [6.07, 6.45) is 1.02. The molecular weight excluding hydrogens is 422 g/mol. The fourth-order valence-corrected chi connectivity index (χ4v) is 4.00. The van der Waals surface area contributed by atoms with E-state index < -0.39 is 17.4 Å². The van der Waals surface area contributed by atoms with Crippen molar-refractivity contribution < 1.29 is 23.8 Å². The van der Waals surface area contributed by atoms with Crippen molar-refractivity contribution in [1.29, 1.82) is 0 Å². The van der Waals surface area contributed by atoms with Crippen LogP contribution in [0.4, 0.5) is 5.69 Å². The van der Waals surface area contributed by atoms with Gasteiger partial charge in [-0.05, 0) is 38.5 Å². The number of carbonyl (C=O) groups excluding carboxylic acids is 2. The van der Waals surface area contributed by atoms with Gasteiger partial charge in [0.05, 0.1) is 37.7 Å². The van der Waals surface area contributed by atoms with Crippen molar-refractivity contribution in [3.05, 3.63) is 45.3 Å². The van der Waals surface area contributed by atoms with Crippen molar-refractivity contribution in [2.24, 2.45) is 0 Å². The van der Waals surface area contributed by atoms with E-state index in [1.807, 2.05) is 0 Å². The molecule has 0 aliphatic rings. The molecule has 1 N–H and O–H groups in total. The second-order valence-electron chi connectivity index (χ2n) is 6.98. The number of esters is 1. The topological polar surface area (TPSA) is 109 Å². The summed E-state index contributed by atoms with van der Waals surface area (Å²) < 4.78 is 16.8. The van der Waals surface area contributed by atoms with Gasteiger partial charge in [-0.3, -0.25) is 14.2 Å². The number of ether oxygens (including phenoxy) is 3. The van der Waals surface area contributed by atoms with E-state index in [1.54, 1.807) is 39.0 Å². The first kappa shape index (κ1) is 22.3. The van der Waals surface area contributed by atoms with E-state index in [-0.39, 0.29) is 12.6 Å². The molecule has 0 unspecified atom stereocenters. The average Bonchev–Trinajstić information content (AvgIpc) is 3.07. The van der Waals surface area contributed by atoms with Crippen molar-refractivity contribution in [3.63, 3.8) is 0 Å². The van der Waals surface area contributed by atoms with Crippen LogP contribution in [-0.2, 0) is 16.1 Å². The zero-order valence-electron chi connectivity index (χ0n) is 17.8. The van der Waals surface area contributed by atoms with Crippen LogP contribution in [-0.4, -0.2) is 41.8 Å². The third-order valence-corrected chi connectivity index (χ3v) is 5.62. The number of hydrogen-bond acceptors (Lipinski definition) is 8. The third kappa shape index (κ3) is 4.69. The molecule has 0 saturated carbocycles. The van der Waals surface area contributed by atoms with Gasteiger partial charge in [-0.1, -0.05) is 0 Å². The molecule has 2 heterocycles. The summed E-state index contributed by atoms with van der Waals surface area (Å²) in [4.78, 5) is 42.8. The summed E-state index contributed by atoms with van der Waals surface area (Å²) >= 11 is 1.10. The molecule has 164 valence electrons. The van der Waals surface area contributed by atoms with Gasteiger partial charge in [0, 0.05) is 6.07 Å². The van der Waals surface area contributed by atoms with Crippen molar-refractivity contribution in [1.82, 2.24) is 9.55 Å². The molecule has 0 fully saturated rings. The molecule has 1 amide bonds. The molecule has 0 saturated heterocycles. The lowest BCUT2D eigenvalue weighted by atomic mass is 10.2. The van der Waals surface area contributed by atoms with Crippen molar-refractivity contribution in [3.8, 4) is 11.5 Å². The molecule has 10 heteroatoms. The highest BCUT2D eigenvalue weighted by molar-refractivity contribution is 7.20. The predicted molar refractivity (Wildman–Crippen MR) is 117 cm³/mol. The lowest BCUT2D eigenvalue weighted by Gasteiger charge is -2.12. The number of benzene rings is 1. The Balaban J connectivity index is 1.86. The molecular formula is C21H23N3O6S. The number of amides is 1. The fraction of sp³-hybridized carbons (Fsp3) is 0.333. The molecule has 0 atom stereocenters. The van der Waals surface area contributed by atoms with Crippen molar-refractivity contribution >= 4 is 39.1 Å². The molecule has 2 aromatic heterocycles. The molecule has 0 spiro atoms. The zero-order chi connectivity index (χ0) is 22.7. The Hall–Kier alpha value is -3.40. The van der Waals surface area contributed by atoms with E-state index in [0.717, 1.165) is 11.3 Å². The monoisotopic (exact) mass is 445 g/mol. The first-order valence-corrected chi connectivity index (χ1v) is 10.3. The Morgan fingerprint density at radius 1 is 1.23 bits per heavy atom. The normalized spacial score (nSPS) is 10.9. The molecule has 0 radical (unpaired) electrons. The standard InChI is InChI=1S/C21H23N3O6S/c1-11(2)30-21(27)18-12(3)17-19(31-18)22-10-24(20(17)26)9-16(25)23-14-7-6-13(28-4)8-15(14)29-5/h6-8,10-11H,9H2,1-5H3,(H,23,25). The minimum absolute atomic E-state index is 0.252. The first-order valence-electron chi connectivity index (χ1n) is 9.46. The molecule has 3 aromatic rings. The number of nitrogens with zero attached hydrogens (tertiary/aromatic N) is 2. The molecule has 31 heavy (non-hydrogen) atoms. The van der Waals surface area contributed by atoms with Gasteiger partial charge in [-0.15, -0.1) is 11.3 Å². The summed E-state index contributed by atoms with van der Waals surface area (Å²) in [7, 11) is 3.01. The summed E-state index contributed by atoms with van der Waals surface area (Å²) in [5.41, 5.74) is 0.537. The van der Waals surface area contributed by atoms with Crippen LogP contribution in [0.25, 0.3) is 10.2 Å². The molecule has 0 bridgehead atoms. The number of aromatic nitrogens is 2. The van der Waals surface area contributed by atoms with Gasteiger partial charge in [0.2, 0.25) is 5.91 Å². The van der Waals surface area contributed by atoms with E-state index in [1.165, 1.54) is 25.1 Å². The van der Waals surface area contributed by atoms with Gasteiger partial charge in [0.15, 0.2) is 0 Å². The Morgan fingerprint density at radius 2 is 1.97 bits per heavy atom. The van der Waals surface area contributed by atoms with Crippen LogP contribution < -0.4 is 20.3 Å². The molecule has 1 aromatic carbocycles. The molecule has 0 aliphatic carbocycles. The Morgan fingerprint density at radius 3 is 2.61 bits per heavy atom. The van der Waals surface area contributed by atoms with Crippen LogP contribution in [0.2, 0.25) is 0 Å². The van der Waals surface area contributed by atoms with E-state index in [2.05, 4.69) is 10.3 Å². The highest BCUT2D eigenvalue weighted by atomic mass is 32.1. The van der Waals surface area contributed by atoms with Crippen molar-refractivity contribution in [2.75, 3.05) is 19.5 Å². The highest BCUT2D eigenvalue weighted by Crippen LogP contribution is 2.29. The number of hydrogen-bond donors (Lipinski definition) is 1. The first-order chi connectivity index (χ1) is 14.7. The van der Waals surface area contributed by atoms with Crippen LogP contribution in [0.15, 0.2) is 29.3 Å². The van der Waals surface area contributed by atoms with Gasteiger partial charge < -0.3 is 19.5 Å². The Bertz CT molecular complexity index is 1200. The van der Waals surface area contributed by atoms with Gasteiger partial charge in [-0.2, -0.15) is 0 Å². The second kappa shape index (κ2) is 9.17. The van der Waals surface area contributed by atoms with Gasteiger partial charge in [0.25, 0.3) is 5.56 Å². The zero-order valence-corrected chi connectivity index (χ0v) is 18.7. The number of nitrogens with one attached hydrogen (secondary N) is 1. The minimum atomic E-state index is -0.495. The summed E-state index contributed by atoms with van der Waals surface area (Å²) in [6, 6.07) is 4.97. The summed E-state index contributed by atoms with van der Waals surface area (Å²) in [5.74, 6) is 0.0842. The molecule has 3 rings (SSSR count). The number of fused-ring (bicyclic) bond motifs is 1. The van der Waals surface area contributed by atoms with Crippen LogP contribution >= 0.6 is 11.3 Å². The van der Waals surface area contributed by atoms with Crippen LogP contribution in [0.1, 0.15) is 29.1 Å². The number of anilines is 1. The summed E-state index contributed by atoms with van der Waals surface area (Å²) in [6.45, 7) is 4.92. The predicted octanol–water partition coefficient (Wildman–Crippen LogP) is 2.99. The lowest BCUT2D eigenvalue weighted by molar-refractivity contribution is -0.116. The van der Waals surface area contributed by atoms with Gasteiger partial charge in [-0.25, -0.2) is 9.78 Å². The maximum absolute atomic E-state index is 13.0. The largest absolute Gasteiger partial charge is 0.497 e. The smallest absolute Gasteiger partial charge is 0.348 e. The van der Waals surface area contributed by atoms with Crippen LogP contribution in [0.3, 0.4) is 0 Å². The van der Waals surface area contributed by atoms with E-state index >= 15 is 0 Å². The number of thiophene rings is 1. The van der Waals surface area contributed by atoms with Crippen LogP contribution in [0.5, 0.6) is 11.5 Å². The average molecular weight is 445 g/mol. The maximum Gasteiger partial charge on any atom is 0.348 e. The fourth-order valence-electron chi connectivity index (χ4n) is 2.98. The minimum Gasteiger partial charge on any atom is -0.497 e. The quantitative estimate of drug-likeness (QED) is 0.557. The van der Waals surface area contributed by atoms with E-state index in [0.29, 0.717) is 37.8 Å². The van der Waals surface area contributed by atoms with E-state index in [4.69, 9.17) is 14.2 Å². The number of aryl methyl sites for hydroxylation is 1. The SMILES string of the molecule is COc1ccc(NC(=O)Cn2cnc3sc(C(=O)OC(C)C)c(C)c3c2=O)c(OC)c1. The Kier molecular flexibility index (Phi) is 6.59. The number of rotatable bonds is 7. The third-order valence-electron chi connectivity index (χ3n) is 4.44. The van der Waals surface area contributed by atoms with E-state index in [9.17, 15) is 14.4 Å². The second-order valence-corrected chi connectivity index (χ2v) is 7.98. The van der Waals surface area contributed by atoms with Gasteiger partial charge >= 0.3 is 5.97 Å². The van der Waals surface area contributed by atoms with Crippen LogP contribution in [0, 0.1) is 6.92 Å². The summed E-state index contributed by atoms with van der Waals surface area (Å²) in [5, 5.41) is 3.02.